The van der Waals surface area contributed by atoms with Crippen molar-refractivity contribution in [1.29, 1.82) is 5.26 Å². The van der Waals surface area contributed by atoms with Gasteiger partial charge in [0.2, 0.25) is 5.91 Å². The molecule has 0 bridgehead atoms. The van der Waals surface area contributed by atoms with E-state index in [9.17, 15) is 9.59 Å². The van der Waals surface area contributed by atoms with Crippen LogP contribution in [0.2, 0.25) is 0 Å². The third-order valence-electron chi connectivity index (χ3n) is 6.14. The van der Waals surface area contributed by atoms with Crippen LogP contribution in [0.25, 0.3) is 0 Å². The molecule has 2 heterocycles. The van der Waals surface area contributed by atoms with E-state index in [1.165, 1.54) is 0 Å². The van der Waals surface area contributed by atoms with Gasteiger partial charge in [-0.1, -0.05) is 49.4 Å². The van der Waals surface area contributed by atoms with Crippen LogP contribution in [0.15, 0.2) is 72.9 Å². The summed E-state index contributed by atoms with van der Waals surface area (Å²) in [5.41, 5.74) is 2.78. The van der Waals surface area contributed by atoms with Crippen LogP contribution in [0, 0.1) is 11.3 Å². The van der Waals surface area contributed by atoms with Crippen molar-refractivity contribution in [2.45, 2.75) is 31.9 Å². The zero-order valence-electron chi connectivity index (χ0n) is 21.4. The number of likely N-dealkylation sites (tertiary alicyclic amines) is 1. The Hall–Kier alpha value is -4.22. The number of rotatable bonds is 9. The van der Waals surface area contributed by atoms with Crippen LogP contribution in [-0.2, 0) is 9.59 Å². The topological polar surface area (TPSA) is 107 Å². The van der Waals surface area contributed by atoms with E-state index >= 15 is 0 Å². The second-order valence-electron chi connectivity index (χ2n) is 8.86. The first-order valence-electron chi connectivity index (χ1n) is 12.2. The summed E-state index contributed by atoms with van der Waals surface area (Å²) in [5, 5.41) is 15.0. The minimum Gasteiger partial charge on any atom is -0.485 e. The van der Waals surface area contributed by atoms with Crippen molar-refractivity contribution in [3.05, 3.63) is 89.6 Å². The van der Waals surface area contributed by atoms with Gasteiger partial charge in [-0.05, 0) is 41.3 Å². The number of hydrogen-bond acceptors (Lipinski definition) is 7. The smallest absolute Gasteiger partial charge is 0.219 e. The van der Waals surface area contributed by atoms with Crippen molar-refractivity contribution in [2.75, 3.05) is 32.0 Å². The number of hydrogen-bond donors (Lipinski definition) is 2. The second kappa shape index (κ2) is 13.8. The number of aromatic nitrogens is 1. The van der Waals surface area contributed by atoms with Crippen molar-refractivity contribution in [2.24, 2.45) is 0 Å². The lowest BCUT2D eigenvalue weighted by Crippen LogP contribution is -2.55. The molecule has 2 atom stereocenters. The molecule has 1 amide bonds. The number of anilines is 1. The predicted octanol–water partition coefficient (Wildman–Crippen LogP) is 3.92. The van der Waals surface area contributed by atoms with E-state index in [-0.39, 0.29) is 24.0 Å². The summed E-state index contributed by atoms with van der Waals surface area (Å²) < 4.78 is 5.65. The van der Waals surface area contributed by atoms with E-state index in [1.54, 1.807) is 18.0 Å². The maximum absolute atomic E-state index is 11.2. The Kier molecular flexibility index (Phi) is 10.2. The van der Waals surface area contributed by atoms with Gasteiger partial charge in [-0.2, -0.15) is 5.26 Å². The van der Waals surface area contributed by atoms with Crippen molar-refractivity contribution in [3.63, 3.8) is 0 Å². The average Bonchev–Trinajstić information content (AvgIpc) is 2.92. The van der Waals surface area contributed by atoms with Gasteiger partial charge in [0.05, 0.1) is 37.0 Å². The summed E-state index contributed by atoms with van der Waals surface area (Å²) in [4.78, 5) is 28.1. The second-order valence-corrected chi connectivity index (χ2v) is 8.86. The molecule has 1 aliphatic heterocycles. The number of carbonyl (C=O) groups is 2. The summed E-state index contributed by atoms with van der Waals surface area (Å²) in [6.45, 7) is 5.71. The molecule has 2 N–H and O–H groups in total. The Morgan fingerprint density at radius 3 is 2.38 bits per heavy atom. The molecule has 0 aliphatic carbocycles. The molecule has 8 nitrogen and oxygen atoms in total. The van der Waals surface area contributed by atoms with Crippen molar-refractivity contribution < 1.29 is 14.3 Å². The molecule has 4 rings (SSSR count). The van der Waals surface area contributed by atoms with Crippen LogP contribution in [-0.4, -0.2) is 54.9 Å². The third-order valence-corrected chi connectivity index (χ3v) is 6.14. The van der Waals surface area contributed by atoms with Gasteiger partial charge in [0, 0.05) is 20.5 Å². The van der Waals surface area contributed by atoms with Crippen molar-refractivity contribution >= 4 is 18.0 Å². The summed E-state index contributed by atoms with van der Waals surface area (Å²) in [7, 11) is 1.82. The molecular weight excluding hydrogens is 466 g/mol. The quantitative estimate of drug-likeness (QED) is 0.430. The number of amides is 1. The van der Waals surface area contributed by atoms with E-state index in [0.29, 0.717) is 25.2 Å². The van der Waals surface area contributed by atoms with Gasteiger partial charge in [-0.15, -0.1) is 0 Å². The minimum absolute atomic E-state index is 0.100. The molecule has 2 aromatic carbocycles. The third kappa shape index (κ3) is 8.16. The predicted molar refractivity (Wildman–Crippen MR) is 143 cm³/mol. The molecule has 8 heteroatoms. The first kappa shape index (κ1) is 27.4. The molecule has 3 aromatic rings. The molecule has 0 saturated carbocycles. The fourth-order valence-electron chi connectivity index (χ4n) is 3.77. The van der Waals surface area contributed by atoms with E-state index < -0.39 is 0 Å². The number of ether oxygens (including phenoxy) is 1. The number of benzene rings is 2. The minimum atomic E-state index is -0.285. The number of carbonyl (C=O) groups excluding carboxylic acids is 2. The highest BCUT2D eigenvalue weighted by atomic mass is 16.5. The summed E-state index contributed by atoms with van der Waals surface area (Å²) in [6.07, 6.45) is 2.72. The number of nitrogens with one attached hydrogen (secondary N) is 2. The molecule has 0 radical (unpaired) electrons. The van der Waals surface area contributed by atoms with E-state index in [4.69, 9.17) is 10.00 Å². The van der Waals surface area contributed by atoms with Crippen LogP contribution in [0.1, 0.15) is 42.5 Å². The highest BCUT2D eigenvalue weighted by Crippen LogP contribution is 2.19. The van der Waals surface area contributed by atoms with Gasteiger partial charge in [0.25, 0.3) is 0 Å². The largest absolute Gasteiger partial charge is 0.485 e. The van der Waals surface area contributed by atoms with Gasteiger partial charge in [-0.25, -0.2) is 4.98 Å². The highest BCUT2D eigenvalue weighted by Gasteiger charge is 2.30. The fraction of sp³-hybridized carbons (Fsp3) is 0.310. The van der Waals surface area contributed by atoms with Gasteiger partial charge < -0.3 is 25.1 Å². The summed E-state index contributed by atoms with van der Waals surface area (Å²) in [5.74, 6) is 1.92. The molecule has 2 unspecified atom stereocenters. The Labute approximate surface area is 218 Å². The van der Waals surface area contributed by atoms with Gasteiger partial charge in [-0.3, -0.25) is 4.79 Å². The van der Waals surface area contributed by atoms with Crippen LogP contribution >= 0.6 is 0 Å². The van der Waals surface area contributed by atoms with Gasteiger partial charge in [0.1, 0.15) is 24.0 Å². The lowest BCUT2D eigenvalue weighted by molar-refractivity contribution is -0.137. The monoisotopic (exact) mass is 499 g/mol. The highest BCUT2D eigenvalue weighted by molar-refractivity contribution is 5.74. The number of nitrogens with zero attached hydrogens (tertiary/aromatic N) is 3. The number of aldehydes is 1. The molecule has 37 heavy (non-hydrogen) atoms. The Morgan fingerprint density at radius 1 is 1.14 bits per heavy atom. The average molecular weight is 500 g/mol. The standard InChI is InChI=1S/C18H18N2O.C11H15N3O2/c1-14(16-9-7-15(11-19)8-10-16)12-20-18(13-21)17-5-3-2-4-6-17;1-8(15)14-6-10(7-14)16-9-3-4-11(12-2)13-5-9/h2-10,13-14,18,20H,12H2,1H3;3-5,10H,6-7H2,1-2H3,(H,12,13). The van der Waals surface area contributed by atoms with Crippen molar-refractivity contribution in [1.82, 2.24) is 15.2 Å². The molecule has 1 fully saturated rings. The van der Waals surface area contributed by atoms with Crippen molar-refractivity contribution in [3.8, 4) is 11.8 Å². The zero-order valence-corrected chi connectivity index (χ0v) is 21.4. The molecule has 1 saturated heterocycles. The summed E-state index contributed by atoms with van der Waals surface area (Å²) in [6, 6.07) is 22.8. The number of nitriles is 1. The zero-order chi connectivity index (χ0) is 26.6. The Morgan fingerprint density at radius 2 is 1.84 bits per heavy atom. The molecule has 192 valence electrons. The van der Waals surface area contributed by atoms with Gasteiger partial charge >= 0.3 is 0 Å². The SMILES string of the molecule is CC(CNC(C=O)c1ccccc1)c1ccc(C#N)cc1.CNc1ccc(OC2CN(C(C)=O)C2)cn1. The van der Waals surface area contributed by atoms with Crippen LogP contribution < -0.4 is 15.4 Å². The van der Waals surface area contributed by atoms with E-state index in [2.05, 4.69) is 28.6 Å². The maximum atomic E-state index is 11.2. The number of pyridine rings is 1. The van der Waals surface area contributed by atoms with Crippen LogP contribution in [0.5, 0.6) is 5.75 Å². The molecule has 1 aliphatic rings. The lowest BCUT2D eigenvalue weighted by atomic mass is 9.99. The first-order valence-corrected chi connectivity index (χ1v) is 12.2. The first-order chi connectivity index (χ1) is 17.9. The fourth-order valence-corrected chi connectivity index (χ4v) is 3.77. The molecule has 1 aromatic heterocycles. The summed E-state index contributed by atoms with van der Waals surface area (Å²) >= 11 is 0. The van der Waals surface area contributed by atoms with E-state index in [0.717, 1.165) is 29.0 Å². The lowest BCUT2D eigenvalue weighted by Gasteiger charge is -2.38. The maximum Gasteiger partial charge on any atom is 0.219 e. The Balaban J connectivity index is 0.000000213. The normalized spacial score (nSPS) is 14.2. The molecule has 0 spiro atoms. The van der Waals surface area contributed by atoms with E-state index in [1.807, 2.05) is 73.8 Å². The van der Waals surface area contributed by atoms with Crippen LogP contribution in [0.3, 0.4) is 0 Å². The molecular formula is C29H33N5O3. The van der Waals surface area contributed by atoms with Crippen LogP contribution in [0.4, 0.5) is 5.82 Å². The van der Waals surface area contributed by atoms with Gasteiger partial charge in [0.15, 0.2) is 0 Å². The Bertz CT molecular complexity index is 1170.